The van der Waals surface area contributed by atoms with E-state index in [1.807, 2.05) is 0 Å². The van der Waals surface area contributed by atoms with Crippen LogP contribution in [0.15, 0.2) is 57.7 Å². The van der Waals surface area contributed by atoms with Crippen LogP contribution in [0.4, 0.5) is 5.69 Å². The summed E-state index contributed by atoms with van der Waals surface area (Å²) in [6.07, 6.45) is 2.00. The van der Waals surface area contributed by atoms with Crippen molar-refractivity contribution in [3.05, 3.63) is 70.1 Å². The summed E-state index contributed by atoms with van der Waals surface area (Å²) in [6, 6.07) is 12.7. The average molecular weight is 437 g/mol. The third-order valence-corrected chi connectivity index (χ3v) is 4.49. The first-order chi connectivity index (χ1) is 15.2. The monoisotopic (exact) mass is 437 g/mol. The zero-order chi connectivity index (χ0) is 23.3. The molecule has 0 aliphatic heterocycles. The van der Waals surface area contributed by atoms with Crippen LogP contribution >= 0.6 is 0 Å². The van der Waals surface area contributed by atoms with E-state index in [2.05, 4.69) is 12.2 Å². The fraction of sp³-hybridized carbons (Fsp3) is 0.320. The van der Waals surface area contributed by atoms with E-state index >= 15 is 0 Å². The fourth-order valence-corrected chi connectivity index (χ4v) is 2.94. The molecule has 0 fully saturated rings. The van der Waals surface area contributed by atoms with Crippen molar-refractivity contribution in [2.24, 2.45) is 0 Å². The third kappa shape index (κ3) is 5.75. The van der Waals surface area contributed by atoms with Crippen molar-refractivity contribution in [3.8, 4) is 5.75 Å². The number of anilines is 1. The molecule has 0 unspecified atom stereocenters. The van der Waals surface area contributed by atoms with Crippen molar-refractivity contribution in [1.82, 2.24) is 0 Å². The van der Waals surface area contributed by atoms with E-state index in [0.717, 1.165) is 18.9 Å². The summed E-state index contributed by atoms with van der Waals surface area (Å²) in [4.78, 5) is 37.7. The second-order valence-electron chi connectivity index (χ2n) is 8.34. The number of carbonyl (C=O) groups is 2. The number of esters is 1. The van der Waals surface area contributed by atoms with Gasteiger partial charge in [-0.3, -0.25) is 9.59 Å². The number of nitrogens with one attached hydrogen (secondary N) is 1. The van der Waals surface area contributed by atoms with Gasteiger partial charge in [0.15, 0.2) is 11.0 Å². The van der Waals surface area contributed by atoms with Crippen LogP contribution < -0.4 is 15.5 Å². The van der Waals surface area contributed by atoms with Gasteiger partial charge in [0.2, 0.25) is 5.76 Å². The maximum atomic E-state index is 12.8. The quantitative estimate of drug-likeness (QED) is 0.404. The smallest absolute Gasteiger partial charge is 0.374 e. The number of rotatable bonds is 7. The predicted molar refractivity (Wildman–Crippen MR) is 122 cm³/mol. The summed E-state index contributed by atoms with van der Waals surface area (Å²) in [6.45, 7) is 7.86. The van der Waals surface area contributed by atoms with Crippen molar-refractivity contribution in [3.63, 3.8) is 0 Å². The van der Waals surface area contributed by atoms with Gasteiger partial charge in [-0.15, -0.1) is 0 Å². The zero-order valence-corrected chi connectivity index (χ0v) is 18.7. The lowest BCUT2D eigenvalue weighted by Gasteiger charge is -2.19. The number of hydrogen-bond acceptors (Lipinski definition) is 6. The highest BCUT2D eigenvalue weighted by atomic mass is 16.6. The normalized spacial score (nSPS) is 11.2. The topological polar surface area (TPSA) is 94.8 Å². The Morgan fingerprint density at radius 1 is 1.06 bits per heavy atom. The van der Waals surface area contributed by atoms with Gasteiger partial charge in [-0.1, -0.05) is 19.4 Å². The van der Waals surface area contributed by atoms with E-state index in [4.69, 9.17) is 13.9 Å². The van der Waals surface area contributed by atoms with Crippen molar-refractivity contribution in [2.75, 3.05) is 11.9 Å². The Morgan fingerprint density at radius 3 is 2.44 bits per heavy atom. The van der Waals surface area contributed by atoms with Crippen molar-refractivity contribution in [2.45, 2.75) is 46.1 Å². The van der Waals surface area contributed by atoms with Gasteiger partial charge in [-0.05, 0) is 63.6 Å². The number of fused-ring (bicyclic) bond motifs is 1. The van der Waals surface area contributed by atoms with Gasteiger partial charge in [-0.2, -0.15) is 0 Å². The Morgan fingerprint density at radius 2 is 1.78 bits per heavy atom. The van der Waals surface area contributed by atoms with Crippen LogP contribution in [0.1, 0.15) is 61.4 Å². The molecular weight excluding hydrogens is 410 g/mol. The highest BCUT2D eigenvalue weighted by molar-refractivity contribution is 6.08. The molecule has 7 nitrogen and oxygen atoms in total. The first-order valence-electron chi connectivity index (χ1n) is 10.5. The van der Waals surface area contributed by atoms with Crippen molar-refractivity contribution >= 4 is 28.5 Å². The molecule has 1 aromatic heterocycles. The molecule has 0 atom stereocenters. The molecule has 0 saturated heterocycles. The second kappa shape index (κ2) is 9.68. The van der Waals surface area contributed by atoms with Crippen LogP contribution in [0.2, 0.25) is 0 Å². The molecule has 0 bridgehead atoms. The fourth-order valence-electron chi connectivity index (χ4n) is 2.94. The van der Waals surface area contributed by atoms with Gasteiger partial charge < -0.3 is 19.2 Å². The van der Waals surface area contributed by atoms with Gasteiger partial charge >= 0.3 is 5.97 Å². The van der Waals surface area contributed by atoms with E-state index in [0.29, 0.717) is 17.9 Å². The number of ether oxygens (including phenoxy) is 2. The SMILES string of the molecule is CCCCOc1ccc(C(=O)Nc2cccc3c(=O)cc(C(=O)OC(C)(C)C)oc23)cc1. The Kier molecular flexibility index (Phi) is 6.98. The highest BCUT2D eigenvalue weighted by Gasteiger charge is 2.22. The molecule has 1 N–H and O–H groups in total. The maximum Gasteiger partial charge on any atom is 0.374 e. The minimum Gasteiger partial charge on any atom is -0.494 e. The summed E-state index contributed by atoms with van der Waals surface area (Å²) < 4.78 is 16.6. The minimum atomic E-state index is -0.753. The standard InChI is InChI=1S/C25H27NO6/c1-5-6-14-30-17-12-10-16(11-13-17)23(28)26-19-9-7-8-18-20(27)15-21(31-22(18)19)24(29)32-25(2,3)4/h7-13,15H,5-6,14H2,1-4H3,(H,26,28). The molecule has 3 rings (SSSR count). The number of amides is 1. The Balaban J connectivity index is 1.86. The molecule has 3 aromatic rings. The molecule has 0 aliphatic rings. The van der Waals surface area contributed by atoms with Gasteiger partial charge in [0.05, 0.1) is 17.7 Å². The first-order valence-corrected chi connectivity index (χ1v) is 10.5. The molecule has 168 valence electrons. The Labute approximate surface area is 186 Å². The van der Waals surface area contributed by atoms with Crippen LogP contribution in [-0.2, 0) is 4.74 Å². The second-order valence-corrected chi connectivity index (χ2v) is 8.34. The van der Waals surface area contributed by atoms with Crippen molar-refractivity contribution in [1.29, 1.82) is 0 Å². The van der Waals surface area contributed by atoms with Crippen LogP contribution in [0.5, 0.6) is 5.75 Å². The summed E-state index contributed by atoms with van der Waals surface area (Å²) in [5, 5.41) is 3.00. The number of benzene rings is 2. The molecule has 0 aliphatic carbocycles. The average Bonchev–Trinajstić information content (AvgIpc) is 2.73. The summed E-state index contributed by atoms with van der Waals surface area (Å²) >= 11 is 0. The summed E-state index contributed by atoms with van der Waals surface area (Å²) in [7, 11) is 0. The van der Waals surface area contributed by atoms with Crippen LogP contribution in [-0.4, -0.2) is 24.1 Å². The van der Waals surface area contributed by atoms with E-state index in [9.17, 15) is 14.4 Å². The van der Waals surface area contributed by atoms with Gasteiger partial charge in [-0.25, -0.2) is 4.79 Å². The van der Waals surface area contributed by atoms with Crippen molar-refractivity contribution < 1.29 is 23.5 Å². The van der Waals surface area contributed by atoms with E-state index < -0.39 is 17.0 Å². The van der Waals surface area contributed by atoms with E-state index in [1.165, 1.54) is 0 Å². The number of unbranched alkanes of at least 4 members (excludes halogenated alkanes) is 1. The molecule has 1 heterocycles. The Hall–Kier alpha value is -3.61. The molecular formula is C25H27NO6. The predicted octanol–water partition coefficient (Wildman–Crippen LogP) is 5.18. The number of para-hydroxylation sites is 1. The molecule has 7 heteroatoms. The third-order valence-electron chi connectivity index (χ3n) is 4.49. The highest BCUT2D eigenvalue weighted by Crippen LogP contribution is 2.24. The lowest BCUT2D eigenvalue weighted by molar-refractivity contribution is 0.00364. The largest absolute Gasteiger partial charge is 0.494 e. The molecule has 0 radical (unpaired) electrons. The minimum absolute atomic E-state index is 0.105. The van der Waals surface area contributed by atoms with E-state index in [-0.39, 0.29) is 28.3 Å². The summed E-state index contributed by atoms with van der Waals surface area (Å²) in [5.74, 6) is -0.680. The first kappa shape index (κ1) is 23.1. The summed E-state index contributed by atoms with van der Waals surface area (Å²) in [5.41, 5.74) is -0.357. The molecule has 0 spiro atoms. The van der Waals surface area contributed by atoms with Gasteiger partial charge in [0.1, 0.15) is 11.4 Å². The lowest BCUT2D eigenvalue weighted by atomic mass is 10.1. The lowest BCUT2D eigenvalue weighted by Crippen LogP contribution is -2.24. The van der Waals surface area contributed by atoms with E-state index in [1.54, 1.807) is 63.2 Å². The number of carbonyl (C=O) groups excluding carboxylic acids is 2. The molecule has 32 heavy (non-hydrogen) atoms. The van der Waals surface area contributed by atoms with Crippen LogP contribution in [0.3, 0.4) is 0 Å². The maximum absolute atomic E-state index is 12.8. The van der Waals surface area contributed by atoms with Crippen LogP contribution in [0.25, 0.3) is 11.0 Å². The number of hydrogen-bond donors (Lipinski definition) is 1. The Bertz CT molecular complexity index is 1170. The molecule has 1 amide bonds. The van der Waals surface area contributed by atoms with Gasteiger partial charge in [0.25, 0.3) is 5.91 Å². The zero-order valence-electron chi connectivity index (χ0n) is 18.7. The molecule has 2 aromatic carbocycles. The molecule has 0 saturated carbocycles. The van der Waals surface area contributed by atoms with Crippen LogP contribution in [0, 0.1) is 0 Å². The van der Waals surface area contributed by atoms with Gasteiger partial charge in [0, 0.05) is 11.6 Å².